The second-order valence-electron chi connectivity index (χ2n) is 7.05. The van der Waals surface area contributed by atoms with Crippen molar-refractivity contribution in [3.05, 3.63) is 65.0 Å². The average Bonchev–Trinajstić information content (AvgIpc) is 2.73. The number of anilines is 1. The fourth-order valence-electron chi connectivity index (χ4n) is 3.09. The fourth-order valence-corrected chi connectivity index (χ4v) is 3.09. The van der Waals surface area contributed by atoms with Crippen LogP contribution in [0.15, 0.2) is 42.5 Å². The number of esters is 2. The lowest BCUT2D eigenvalue weighted by molar-refractivity contribution is -0.692. The van der Waals surface area contributed by atoms with Crippen LogP contribution in [-0.2, 0) is 14.3 Å². The summed E-state index contributed by atoms with van der Waals surface area (Å²) in [4.78, 5) is 36.4. The van der Waals surface area contributed by atoms with E-state index in [1.807, 2.05) is 19.2 Å². The molecule has 0 unspecified atom stereocenters. The van der Waals surface area contributed by atoms with Crippen LogP contribution in [0.1, 0.15) is 46.2 Å². The number of quaternary nitrogens is 1. The van der Waals surface area contributed by atoms with E-state index in [2.05, 4.69) is 10.1 Å². The maximum absolute atomic E-state index is 13.2. The first-order valence-electron chi connectivity index (χ1n) is 9.46. The summed E-state index contributed by atoms with van der Waals surface area (Å²) in [5.41, 5.74) is 1.38. The van der Waals surface area contributed by atoms with E-state index in [0.717, 1.165) is 5.56 Å². The molecule has 0 aromatic heterocycles. The van der Waals surface area contributed by atoms with Crippen LogP contribution in [0, 0.1) is 11.7 Å². The van der Waals surface area contributed by atoms with Crippen molar-refractivity contribution in [2.75, 3.05) is 26.1 Å². The van der Waals surface area contributed by atoms with Gasteiger partial charge in [-0.2, -0.15) is 0 Å². The van der Waals surface area contributed by atoms with Crippen LogP contribution < -0.4 is 10.6 Å². The van der Waals surface area contributed by atoms with Crippen LogP contribution in [0.5, 0.6) is 0 Å². The first-order chi connectivity index (χ1) is 14.3. The highest BCUT2D eigenvalue weighted by Crippen LogP contribution is 2.20. The first kappa shape index (κ1) is 23.0. The fraction of sp³-hybridized carbons (Fsp3) is 0.318. The normalized spacial score (nSPS) is 11.7. The number of halogens is 1. The van der Waals surface area contributed by atoms with E-state index in [9.17, 15) is 18.8 Å². The molecule has 0 fully saturated rings. The molecule has 2 aromatic rings. The molecule has 0 aliphatic rings. The number of amides is 1. The third kappa shape index (κ3) is 5.87. The van der Waals surface area contributed by atoms with Gasteiger partial charge in [0.25, 0.3) is 5.91 Å². The molecule has 0 aliphatic carbocycles. The third-order valence-corrected chi connectivity index (χ3v) is 4.65. The smallest absolute Gasteiger partial charge is 0.339 e. The molecule has 0 radical (unpaired) electrons. The van der Waals surface area contributed by atoms with Gasteiger partial charge in [0, 0.05) is 11.5 Å². The molecule has 160 valence electrons. The van der Waals surface area contributed by atoms with Gasteiger partial charge in [0.1, 0.15) is 11.9 Å². The van der Waals surface area contributed by atoms with Crippen LogP contribution in [0.2, 0.25) is 0 Å². The molecular weight excluding hydrogens is 391 g/mol. The highest BCUT2D eigenvalue weighted by atomic mass is 19.1. The second-order valence-corrected chi connectivity index (χ2v) is 7.05. The number of nitrogens with two attached hydrogens (primary N) is 1. The maximum Gasteiger partial charge on any atom is 0.339 e. The molecule has 0 saturated carbocycles. The van der Waals surface area contributed by atoms with Crippen LogP contribution in [0.3, 0.4) is 0 Å². The Labute approximate surface area is 174 Å². The largest absolute Gasteiger partial charge is 0.465 e. The van der Waals surface area contributed by atoms with E-state index in [4.69, 9.17) is 4.74 Å². The molecule has 2 aromatic carbocycles. The lowest BCUT2D eigenvalue weighted by Gasteiger charge is -2.19. The van der Waals surface area contributed by atoms with Gasteiger partial charge in [0.2, 0.25) is 0 Å². The Morgan fingerprint density at radius 3 is 2.20 bits per heavy atom. The SMILES string of the molecule is COC(=O)c1ccc(C(=O)OC)c(NC(=O)C[NH2+][C@@H](c2ccc(F)cc2)C(C)C)c1. The Morgan fingerprint density at radius 1 is 1.00 bits per heavy atom. The summed E-state index contributed by atoms with van der Waals surface area (Å²) in [6, 6.07) is 10.3. The molecule has 30 heavy (non-hydrogen) atoms. The quantitative estimate of drug-likeness (QED) is 0.643. The zero-order chi connectivity index (χ0) is 22.3. The molecule has 0 heterocycles. The van der Waals surface area contributed by atoms with Crippen molar-refractivity contribution in [2.24, 2.45) is 5.92 Å². The lowest BCUT2D eigenvalue weighted by atomic mass is 9.96. The van der Waals surface area contributed by atoms with Crippen LogP contribution >= 0.6 is 0 Å². The number of ether oxygens (including phenoxy) is 2. The minimum atomic E-state index is -0.642. The van der Waals surface area contributed by atoms with Gasteiger partial charge in [0.05, 0.1) is 31.0 Å². The highest BCUT2D eigenvalue weighted by molar-refractivity contribution is 6.03. The number of nitrogens with one attached hydrogen (secondary N) is 1. The van der Waals surface area contributed by atoms with Crippen molar-refractivity contribution >= 4 is 23.5 Å². The summed E-state index contributed by atoms with van der Waals surface area (Å²) in [6.45, 7) is 4.08. The van der Waals surface area contributed by atoms with Gasteiger partial charge in [-0.15, -0.1) is 0 Å². The molecule has 1 atom stereocenters. The van der Waals surface area contributed by atoms with Gasteiger partial charge in [0.15, 0.2) is 6.54 Å². The Hall–Kier alpha value is -3.26. The van der Waals surface area contributed by atoms with Gasteiger partial charge < -0.3 is 20.1 Å². The second kappa shape index (κ2) is 10.5. The van der Waals surface area contributed by atoms with Crippen molar-refractivity contribution in [2.45, 2.75) is 19.9 Å². The number of methoxy groups -OCH3 is 2. The summed E-state index contributed by atoms with van der Waals surface area (Å²) >= 11 is 0. The van der Waals surface area contributed by atoms with Crippen LogP contribution in [0.4, 0.5) is 10.1 Å². The van der Waals surface area contributed by atoms with Crippen molar-refractivity contribution in [3.63, 3.8) is 0 Å². The molecule has 0 saturated heterocycles. The summed E-state index contributed by atoms with van der Waals surface area (Å²) in [5, 5.41) is 4.50. The van der Waals surface area contributed by atoms with E-state index in [1.54, 1.807) is 12.1 Å². The van der Waals surface area contributed by atoms with Crippen molar-refractivity contribution in [1.29, 1.82) is 0 Å². The van der Waals surface area contributed by atoms with Gasteiger partial charge in [-0.25, -0.2) is 14.0 Å². The van der Waals surface area contributed by atoms with Crippen LogP contribution in [0.25, 0.3) is 0 Å². The van der Waals surface area contributed by atoms with Gasteiger partial charge in [-0.3, -0.25) is 4.79 Å². The molecule has 1 amide bonds. The van der Waals surface area contributed by atoms with Crippen LogP contribution in [-0.4, -0.2) is 38.6 Å². The summed E-state index contributed by atoms with van der Waals surface area (Å²) < 4.78 is 22.6. The van der Waals surface area contributed by atoms with Crippen molar-refractivity contribution < 1.29 is 33.6 Å². The number of hydrogen-bond donors (Lipinski definition) is 2. The number of carbonyl (C=O) groups is 3. The van der Waals surface area contributed by atoms with E-state index < -0.39 is 11.9 Å². The monoisotopic (exact) mass is 417 g/mol. The van der Waals surface area contributed by atoms with Gasteiger partial charge >= 0.3 is 11.9 Å². The summed E-state index contributed by atoms with van der Waals surface area (Å²) in [7, 11) is 2.47. The van der Waals surface area contributed by atoms with E-state index in [0.29, 0.717) is 0 Å². The van der Waals surface area contributed by atoms with Gasteiger partial charge in [-0.1, -0.05) is 26.0 Å². The molecular formula is C22H26FN2O5+. The molecule has 2 rings (SSSR count). The summed E-state index contributed by atoms with van der Waals surface area (Å²) in [6.07, 6.45) is 0. The molecule has 0 aliphatic heterocycles. The Kier molecular flexibility index (Phi) is 8.06. The predicted octanol–water partition coefficient (Wildman–Crippen LogP) is 2.30. The first-order valence-corrected chi connectivity index (χ1v) is 9.46. The minimum absolute atomic E-state index is 0.0576. The predicted molar refractivity (Wildman–Crippen MR) is 109 cm³/mol. The Morgan fingerprint density at radius 2 is 1.63 bits per heavy atom. The topological polar surface area (TPSA) is 98.3 Å². The van der Waals surface area contributed by atoms with E-state index >= 15 is 0 Å². The maximum atomic E-state index is 13.2. The lowest BCUT2D eigenvalue weighted by Crippen LogP contribution is -2.88. The molecule has 8 heteroatoms. The summed E-state index contributed by atoms with van der Waals surface area (Å²) in [5.74, 6) is -1.73. The number of rotatable bonds is 8. The van der Waals surface area contributed by atoms with E-state index in [-0.39, 0.29) is 47.0 Å². The molecule has 0 bridgehead atoms. The highest BCUT2D eigenvalue weighted by Gasteiger charge is 2.22. The van der Waals surface area contributed by atoms with Crippen molar-refractivity contribution in [1.82, 2.24) is 0 Å². The minimum Gasteiger partial charge on any atom is -0.465 e. The molecule has 7 nitrogen and oxygen atoms in total. The van der Waals surface area contributed by atoms with Gasteiger partial charge in [-0.05, 0) is 30.3 Å². The number of benzene rings is 2. The zero-order valence-electron chi connectivity index (χ0n) is 17.4. The number of hydrogen-bond acceptors (Lipinski definition) is 5. The number of carbonyl (C=O) groups excluding carboxylic acids is 3. The third-order valence-electron chi connectivity index (χ3n) is 4.65. The Bertz CT molecular complexity index is 912. The average molecular weight is 417 g/mol. The standard InChI is InChI=1S/C22H25FN2O5/c1-13(2)20(14-5-8-16(23)9-6-14)24-12-19(26)25-18-11-15(21(27)29-3)7-10-17(18)22(28)30-4/h5-11,13,20,24H,12H2,1-4H3,(H,25,26)/p+1/t20-/m1/s1. The molecule has 3 N–H and O–H groups in total. The molecule has 0 spiro atoms. The Balaban J connectivity index is 2.16. The van der Waals surface area contributed by atoms with E-state index in [1.165, 1.54) is 44.6 Å². The van der Waals surface area contributed by atoms with Crippen molar-refractivity contribution in [3.8, 4) is 0 Å². The zero-order valence-corrected chi connectivity index (χ0v) is 17.4.